The van der Waals surface area contributed by atoms with Crippen molar-refractivity contribution in [3.8, 4) is 5.75 Å². The third-order valence-corrected chi connectivity index (χ3v) is 3.41. The minimum atomic E-state index is -0.449. The normalized spacial score (nSPS) is 15.8. The molecular weight excluding hydrogens is 264 g/mol. The summed E-state index contributed by atoms with van der Waals surface area (Å²) >= 11 is 0. The van der Waals surface area contributed by atoms with E-state index in [0.717, 1.165) is 31.7 Å². The van der Waals surface area contributed by atoms with Gasteiger partial charge in [-0.1, -0.05) is 26.0 Å². The van der Waals surface area contributed by atoms with Crippen LogP contribution in [0.5, 0.6) is 5.75 Å². The molecule has 0 spiro atoms. The lowest BCUT2D eigenvalue weighted by molar-refractivity contribution is -0.127. The SMILES string of the molecule is CC(C)CNCc1ccc(OC(C)C(=O)NC2CC2)cc1. The first kappa shape index (κ1) is 15.8. The molecule has 0 heterocycles. The fraction of sp³-hybridized carbons (Fsp3) is 0.588. The van der Waals surface area contributed by atoms with Gasteiger partial charge >= 0.3 is 0 Å². The molecular formula is C17H26N2O2. The van der Waals surface area contributed by atoms with Crippen LogP contribution in [0.4, 0.5) is 0 Å². The van der Waals surface area contributed by atoms with Gasteiger partial charge in [0.05, 0.1) is 0 Å². The van der Waals surface area contributed by atoms with E-state index in [2.05, 4.69) is 24.5 Å². The molecule has 21 heavy (non-hydrogen) atoms. The van der Waals surface area contributed by atoms with E-state index in [0.29, 0.717) is 12.0 Å². The smallest absolute Gasteiger partial charge is 0.260 e. The molecule has 1 atom stereocenters. The van der Waals surface area contributed by atoms with Gasteiger partial charge in [0.15, 0.2) is 6.10 Å². The topological polar surface area (TPSA) is 50.4 Å². The number of ether oxygens (including phenoxy) is 1. The lowest BCUT2D eigenvalue weighted by atomic mass is 10.2. The van der Waals surface area contributed by atoms with Crippen LogP contribution in [-0.2, 0) is 11.3 Å². The summed E-state index contributed by atoms with van der Waals surface area (Å²) in [6.45, 7) is 8.04. The highest BCUT2D eigenvalue weighted by Gasteiger charge is 2.26. The van der Waals surface area contributed by atoms with E-state index in [1.807, 2.05) is 24.3 Å². The summed E-state index contributed by atoms with van der Waals surface area (Å²) in [6.07, 6.45) is 1.74. The number of nitrogens with one attached hydrogen (secondary N) is 2. The molecule has 0 aromatic heterocycles. The van der Waals surface area contributed by atoms with Crippen molar-refractivity contribution in [1.82, 2.24) is 10.6 Å². The van der Waals surface area contributed by atoms with Gasteiger partial charge in [0.1, 0.15) is 5.75 Å². The Balaban J connectivity index is 1.76. The van der Waals surface area contributed by atoms with Crippen LogP contribution in [0, 0.1) is 5.92 Å². The first-order chi connectivity index (χ1) is 10.0. The summed E-state index contributed by atoms with van der Waals surface area (Å²) < 4.78 is 5.67. The summed E-state index contributed by atoms with van der Waals surface area (Å²) in [7, 11) is 0. The van der Waals surface area contributed by atoms with E-state index in [-0.39, 0.29) is 5.91 Å². The number of carbonyl (C=O) groups is 1. The molecule has 1 aliphatic carbocycles. The van der Waals surface area contributed by atoms with E-state index in [9.17, 15) is 4.79 Å². The Morgan fingerprint density at radius 2 is 1.90 bits per heavy atom. The van der Waals surface area contributed by atoms with Gasteiger partial charge in [-0.05, 0) is 49.9 Å². The molecule has 116 valence electrons. The van der Waals surface area contributed by atoms with Gasteiger partial charge in [0.2, 0.25) is 0 Å². The maximum atomic E-state index is 11.8. The van der Waals surface area contributed by atoms with E-state index in [1.165, 1.54) is 5.56 Å². The Kier molecular flexibility index (Phi) is 5.62. The third kappa shape index (κ3) is 5.76. The maximum absolute atomic E-state index is 11.8. The predicted molar refractivity (Wildman–Crippen MR) is 84.2 cm³/mol. The third-order valence-electron chi connectivity index (χ3n) is 3.41. The van der Waals surface area contributed by atoms with Crippen molar-refractivity contribution < 1.29 is 9.53 Å². The van der Waals surface area contributed by atoms with Crippen LogP contribution in [0.1, 0.15) is 39.2 Å². The molecule has 2 rings (SSSR count). The summed E-state index contributed by atoms with van der Waals surface area (Å²) in [5, 5.41) is 6.35. The van der Waals surface area contributed by atoms with Crippen LogP contribution in [-0.4, -0.2) is 24.6 Å². The van der Waals surface area contributed by atoms with Crippen molar-refractivity contribution >= 4 is 5.91 Å². The molecule has 1 aliphatic rings. The van der Waals surface area contributed by atoms with Crippen LogP contribution >= 0.6 is 0 Å². The average Bonchev–Trinajstić information content (AvgIpc) is 3.24. The number of rotatable bonds is 8. The quantitative estimate of drug-likeness (QED) is 0.773. The zero-order valence-corrected chi connectivity index (χ0v) is 13.2. The molecule has 1 fully saturated rings. The van der Waals surface area contributed by atoms with Crippen LogP contribution in [0.25, 0.3) is 0 Å². The van der Waals surface area contributed by atoms with E-state index in [4.69, 9.17) is 4.74 Å². The van der Waals surface area contributed by atoms with Gasteiger partial charge in [0.25, 0.3) is 5.91 Å². The maximum Gasteiger partial charge on any atom is 0.260 e. The predicted octanol–water partition coefficient (Wildman–Crippen LogP) is 2.48. The molecule has 0 aliphatic heterocycles. The van der Waals surface area contributed by atoms with Crippen LogP contribution in [0.15, 0.2) is 24.3 Å². The Labute approximate surface area is 127 Å². The molecule has 2 N–H and O–H groups in total. The molecule has 0 radical (unpaired) electrons. The summed E-state index contributed by atoms with van der Waals surface area (Å²) in [5.41, 5.74) is 1.22. The van der Waals surface area contributed by atoms with Crippen molar-refractivity contribution in [3.05, 3.63) is 29.8 Å². The van der Waals surface area contributed by atoms with Crippen molar-refractivity contribution in [1.29, 1.82) is 0 Å². The van der Waals surface area contributed by atoms with Crippen LogP contribution in [0.2, 0.25) is 0 Å². The van der Waals surface area contributed by atoms with Crippen molar-refractivity contribution in [2.45, 2.75) is 52.3 Å². The second-order valence-corrected chi connectivity index (χ2v) is 6.21. The van der Waals surface area contributed by atoms with Gasteiger partial charge < -0.3 is 15.4 Å². The number of benzene rings is 1. The van der Waals surface area contributed by atoms with Gasteiger partial charge in [-0.15, -0.1) is 0 Å². The molecule has 4 nitrogen and oxygen atoms in total. The zero-order valence-electron chi connectivity index (χ0n) is 13.2. The van der Waals surface area contributed by atoms with E-state index >= 15 is 0 Å². The fourth-order valence-electron chi connectivity index (χ4n) is 1.99. The van der Waals surface area contributed by atoms with E-state index in [1.54, 1.807) is 6.92 Å². The van der Waals surface area contributed by atoms with Crippen molar-refractivity contribution in [3.63, 3.8) is 0 Å². The minimum absolute atomic E-state index is 0.0276. The molecule has 0 saturated heterocycles. The average molecular weight is 290 g/mol. The molecule has 4 heteroatoms. The molecule has 1 aromatic rings. The zero-order chi connectivity index (χ0) is 15.2. The van der Waals surface area contributed by atoms with Gasteiger partial charge in [0, 0.05) is 12.6 Å². The van der Waals surface area contributed by atoms with Gasteiger partial charge in [-0.2, -0.15) is 0 Å². The highest BCUT2D eigenvalue weighted by molar-refractivity contribution is 5.81. The van der Waals surface area contributed by atoms with Crippen molar-refractivity contribution in [2.75, 3.05) is 6.54 Å². The molecule has 1 aromatic carbocycles. The molecule has 0 bridgehead atoms. The largest absolute Gasteiger partial charge is 0.481 e. The number of carbonyl (C=O) groups excluding carboxylic acids is 1. The highest BCUT2D eigenvalue weighted by atomic mass is 16.5. The molecule has 1 amide bonds. The number of hydrogen-bond donors (Lipinski definition) is 2. The Bertz CT molecular complexity index is 452. The first-order valence-corrected chi connectivity index (χ1v) is 7.81. The second-order valence-electron chi connectivity index (χ2n) is 6.21. The standard InChI is InChI=1S/C17H26N2O2/c1-12(2)10-18-11-14-4-8-16(9-5-14)21-13(3)17(20)19-15-6-7-15/h4-5,8-9,12-13,15,18H,6-7,10-11H2,1-3H3,(H,19,20). The monoisotopic (exact) mass is 290 g/mol. The highest BCUT2D eigenvalue weighted by Crippen LogP contribution is 2.19. The lowest BCUT2D eigenvalue weighted by Crippen LogP contribution is -2.37. The van der Waals surface area contributed by atoms with Crippen LogP contribution < -0.4 is 15.4 Å². The Morgan fingerprint density at radius 3 is 2.48 bits per heavy atom. The Hall–Kier alpha value is -1.55. The van der Waals surface area contributed by atoms with Crippen LogP contribution in [0.3, 0.4) is 0 Å². The summed E-state index contributed by atoms with van der Waals surface area (Å²) in [6, 6.07) is 8.29. The fourth-order valence-corrected chi connectivity index (χ4v) is 1.99. The van der Waals surface area contributed by atoms with Gasteiger partial charge in [-0.3, -0.25) is 4.79 Å². The summed E-state index contributed by atoms with van der Waals surface area (Å²) in [5.74, 6) is 1.36. The molecule has 1 saturated carbocycles. The minimum Gasteiger partial charge on any atom is -0.481 e. The second kappa shape index (κ2) is 7.46. The van der Waals surface area contributed by atoms with E-state index < -0.39 is 6.10 Å². The molecule has 1 unspecified atom stereocenters. The first-order valence-electron chi connectivity index (χ1n) is 7.81. The lowest BCUT2D eigenvalue weighted by Gasteiger charge is -2.15. The van der Waals surface area contributed by atoms with Crippen molar-refractivity contribution in [2.24, 2.45) is 5.92 Å². The summed E-state index contributed by atoms with van der Waals surface area (Å²) in [4.78, 5) is 11.8. The number of hydrogen-bond acceptors (Lipinski definition) is 3. The number of amides is 1. The Morgan fingerprint density at radius 1 is 1.24 bits per heavy atom. The van der Waals surface area contributed by atoms with Gasteiger partial charge in [-0.25, -0.2) is 0 Å².